The number of rotatable bonds is 19. The lowest BCUT2D eigenvalue weighted by Gasteiger charge is -2.39. The van der Waals surface area contributed by atoms with Crippen molar-refractivity contribution in [1.29, 1.82) is 0 Å². The molecule has 0 aliphatic heterocycles. The van der Waals surface area contributed by atoms with Crippen LogP contribution in [0.3, 0.4) is 0 Å². The highest BCUT2D eigenvalue weighted by atomic mass is 28.4. The van der Waals surface area contributed by atoms with E-state index in [-0.39, 0.29) is 62.3 Å². The van der Waals surface area contributed by atoms with E-state index in [1.807, 2.05) is 91.0 Å². The predicted octanol–water partition coefficient (Wildman–Crippen LogP) is 8.27. The number of amides is 3. The Kier molecular flexibility index (Phi) is 25.5. The summed E-state index contributed by atoms with van der Waals surface area (Å²) in [6, 6.07) is 28.4. The van der Waals surface area contributed by atoms with Crippen LogP contribution in [0.2, 0.25) is 36.3 Å². The fourth-order valence-electron chi connectivity index (χ4n) is 4.58. The smallest absolute Gasteiger partial charge is 0.407 e. The minimum atomic E-state index is -1.98. The molecule has 0 heterocycles. The first kappa shape index (κ1) is 55.7. The third-order valence-electron chi connectivity index (χ3n) is 10.5. The van der Waals surface area contributed by atoms with Gasteiger partial charge in [-0.15, -0.1) is 0 Å². The number of aliphatic hydroxyl groups is 3. The molecule has 3 atom stereocenters. The van der Waals surface area contributed by atoms with Gasteiger partial charge in [-0.25, -0.2) is 14.4 Å². The molecule has 3 aromatic rings. The Morgan fingerprint density at radius 1 is 0.532 bits per heavy atom. The van der Waals surface area contributed by atoms with Gasteiger partial charge in [0.2, 0.25) is 0 Å². The third kappa shape index (κ3) is 23.8. The van der Waals surface area contributed by atoms with E-state index in [1.54, 1.807) is 0 Å². The number of carbonyl (C=O) groups is 3. The monoisotopic (exact) mass is 901 g/mol. The zero-order chi connectivity index (χ0) is 46.8. The summed E-state index contributed by atoms with van der Waals surface area (Å²) in [6.45, 7) is 24.7. The molecular formula is C46H75N3O11Si2. The highest BCUT2D eigenvalue weighted by molar-refractivity contribution is 6.74. The van der Waals surface area contributed by atoms with Crippen molar-refractivity contribution < 1.29 is 52.8 Å². The molecule has 0 spiro atoms. The first-order chi connectivity index (χ1) is 29.0. The van der Waals surface area contributed by atoms with E-state index in [0.717, 1.165) is 23.1 Å². The molecular weight excluding hydrogens is 827 g/mol. The molecule has 3 amide bonds. The topological polar surface area (TPSA) is 194 Å². The van der Waals surface area contributed by atoms with Crippen LogP contribution < -0.4 is 16.0 Å². The summed E-state index contributed by atoms with van der Waals surface area (Å²) in [5.41, 5.74) is 2.80. The molecule has 14 nitrogen and oxygen atoms in total. The minimum absolute atomic E-state index is 0.0237. The summed E-state index contributed by atoms with van der Waals surface area (Å²) < 4.78 is 27.7. The molecule has 0 aliphatic carbocycles. The number of benzene rings is 3. The van der Waals surface area contributed by atoms with Crippen molar-refractivity contribution in [2.45, 2.75) is 129 Å². The van der Waals surface area contributed by atoms with Gasteiger partial charge in [0.25, 0.3) is 0 Å². The Bertz CT molecular complexity index is 1580. The number of ether oxygens (including phenoxy) is 3. The van der Waals surface area contributed by atoms with Crippen molar-refractivity contribution in [3.05, 3.63) is 108 Å². The summed E-state index contributed by atoms with van der Waals surface area (Å²) in [5, 5.41) is 35.0. The third-order valence-corrected chi connectivity index (χ3v) is 19.5. The van der Waals surface area contributed by atoms with Crippen LogP contribution in [0.5, 0.6) is 0 Å². The maximum Gasteiger partial charge on any atom is 0.407 e. The van der Waals surface area contributed by atoms with Gasteiger partial charge in [-0.2, -0.15) is 0 Å². The van der Waals surface area contributed by atoms with E-state index in [1.165, 1.54) is 0 Å². The summed E-state index contributed by atoms with van der Waals surface area (Å²) in [6.07, 6.45) is -2.00. The molecule has 0 aromatic heterocycles. The normalized spacial score (nSPS) is 13.1. The lowest BCUT2D eigenvalue weighted by molar-refractivity contribution is 0.0875. The minimum Gasteiger partial charge on any atom is -0.445 e. The van der Waals surface area contributed by atoms with Crippen molar-refractivity contribution in [3.8, 4) is 0 Å². The average molecular weight is 902 g/mol. The fraction of sp³-hybridized carbons (Fsp3) is 0.543. The van der Waals surface area contributed by atoms with Gasteiger partial charge < -0.3 is 54.3 Å². The van der Waals surface area contributed by atoms with Crippen LogP contribution in [0.15, 0.2) is 91.0 Å². The van der Waals surface area contributed by atoms with Gasteiger partial charge in [-0.05, 0) is 59.4 Å². The Morgan fingerprint density at radius 3 is 1.13 bits per heavy atom. The van der Waals surface area contributed by atoms with Crippen LogP contribution >= 0.6 is 0 Å². The largest absolute Gasteiger partial charge is 0.445 e. The highest BCUT2D eigenvalue weighted by Crippen LogP contribution is 2.38. The molecule has 0 saturated heterocycles. The van der Waals surface area contributed by atoms with E-state index < -0.39 is 47.1 Å². The quantitative estimate of drug-likeness (QED) is 0.0501. The first-order valence-corrected chi connectivity index (χ1v) is 26.9. The lowest BCUT2D eigenvalue weighted by atomic mass is 10.2. The molecule has 0 bridgehead atoms. The highest BCUT2D eigenvalue weighted by Gasteiger charge is 2.40. The second-order valence-electron chi connectivity index (χ2n) is 17.8. The molecule has 3 rings (SSSR count). The van der Waals surface area contributed by atoms with Gasteiger partial charge in [0.1, 0.15) is 19.8 Å². The Labute approximate surface area is 372 Å². The predicted molar refractivity (Wildman–Crippen MR) is 248 cm³/mol. The van der Waals surface area contributed by atoms with E-state index in [9.17, 15) is 19.5 Å². The summed E-state index contributed by atoms with van der Waals surface area (Å²) >= 11 is 0. The standard InChI is InChI=1S/C18H31NO3Si.C17H29NO4Si.C11H15NO4/c1-7-16(22-23(5,6)18(2,3)4)13-19-17(20)21-14-15-11-9-8-10-12-15;1-17(2,3)23(4,5)22-15(12-19)11-18-16(20)21-13-14-9-7-6-8-10-14;13-7-10(14)6-12-11(15)16-8-9-4-2-1-3-5-9/h8-12,16H,7,13-14H2,1-6H3,(H,19,20);6-10,15,19H,11-13H2,1-5H3,(H,18,20);1-5,10,13-14H,6-8H2,(H,12,15). The van der Waals surface area contributed by atoms with E-state index in [2.05, 4.69) is 90.6 Å². The first-order valence-electron chi connectivity index (χ1n) is 21.1. The summed E-state index contributed by atoms with van der Waals surface area (Å²) in [5.74, 6) is 0. The molecule has 0 fully saturated rings. The Balaban J connectivity index is 0.000000473. The van der Waals surface area contributed by atoms with Crippen LogP contribution in [0.1, 0.15) is 71.6 Å². The van der Waals surface area contributed by atoms with Crippen LogP contribution in [-0.2, 0) is 42.9 Å². The molecule has 0 saturated carbocycles. The van der Waals surface area contributed by atoms with Crippen molar-refractivity contribution in [2.24, 2.45) is 0 Å². The lowest BCUT2D eigenvalue weighted by Crippen LogP contribution is -2.48. The van der Waals surface area contributed by atoms with Crippen molar-refractivity contribution in [2.75, 3.05) is 32.8 Å². The molecule has 0 radical (unpaired) electrons. The number of hydrogen-bond donors (Lipinski definition) is 6. The molecule has 3 aromatic carbocycles. The maximum atomic E-state index is 11.8. The SMILES string of the molecule is CC(C)(C)[Si](C)(C)OC(CO)CNC(=O)OCc1ccccc1.CCC(CNC(=O)OCc1ccccc1)O[Si](C)(C)C(C)(C)C.O=C(NCC(O)CO)OCc1ccccc1. The molecule has 0 aliphatic rings. The molecule has 6 N–H and O–H groups in total. The summed E-state index contributed by atoms with van der Waals surface area (Å²) in [7, 11) is -3.81. The van der Waals surface area contributed by atoms with E-state index in [4.69, 9.17) is 33.3 Å². The molecule has 348 valence electrons. The number of nitrogens with one attached hydrogen (secondary N) is 3. The second-order valence-corrected chi connectivity index (χ2v) is 27.3. The van der Waals surface area contributed by atoms with E-state index in [0.29, 0.717) is 6.54 Å². The number of aliphatic hydroxyl groups excluding tert-OH is 3. The zero-order valence-corrected chi connectivity index (χ0v) is 40.9. The number of hydrogen-bond acceptors (Lipinski definition) is 11. The van der Waals surface area contributed by atoms with Gasteiger partial charge >= 0.3 is 18.3 Å². The second kappa shape index (κ2) is 28.4. The zero-order valence-electron chi connectivity index (χ0n) is 38.9. The van der Waals surface area contributed by atoms with E-state index >= 15 is 0 Å². The van der Waals surface area contributed by atoms with Crippen molar-refractivity contribution in [3.63, 3.8) is 0 Å². The molecule has 3 unspecified atom stereocenters. The van der Waals surface area contributed by atoms with Crippen LogP contribution in [0.4, 0.5) is 14.4 Å². The van der Waals surface area contributed by atoms with Crippen LogP contribution in [0.25, 0.3) is 0 Å². The maximum absolute atomic E-state index is 11.8. The molecule has 16 heteroatoms. The molecule has 62 heavy (non-hydrogen) atoms. The summed E-state index contributed by atoms with van der Waals surface area (Å²) in [4.78, 5) is 34.7. The van der Waals surface area contributed by atoms with Crippen molar-refractivity contribution in [1.82, 2.24) is 16.0 Å². The van der Waals surface area contributed by atoms with Gasteiger partial charge in [0.15, 0.2) is 16.6 Å². The van der Waals surface area contributed by atoms with Gasteiger partial charge in [-0.1, -0.05) is 139 Å². The fourth-order valence-corrected chi connectivity index (χ4v) is 7.36. The average Bonchev–Trinajstić information content (AvgIpc) is 3.24. The van der Waals surface area contributed by atoms with Crippen LogP contribution in [0, 0.1) is 0 Å². The Morgan fingerprint density at radius 2 is 0.839 bits per heavy atom. The van der Waals surface area contributed by atoms with Crippen LogP contribution in [-0.4, -0.2) is 101 Å². The number of alkyl carbamates (subject to hydrolysis) is 3. The number of carbonyl (C=O) groups excluding carboxylic acids is 3. The Hall–Kier alpha value is -4.30. The van der Waals surface area contributed by atoms with Gasteiger partial charge in [-0.3, -0.25) is 0 Å². The van der Waals surface area contributed by atoms with Gasteiger partial charge in [0, 0.05) is 19.6 Å². The van der Waals surface area contributed by atoms with Crippen molar-refractivity contribution >= 4 is 34.9 Å². The van der Waals surface area contributed by atoms with Gasteiger partial charge in [0.05, 0.1) is 31.5 Å².